The fourth-order valence-electron chi connectivity index (χ4n) is 3.22. The van der Waals surface area contributed by atoms with Crippen molar-refractivity contribution in [2.45, 2.75) is 6.54 Å². The number of hydrogen-bond acceptors (Lipinski definition) is 8. The van der Waals surface area contributed by atoms with Crippen molar-refractivity contribution in [1.29, 1.82) is 5.26 Å². The summed E-state index contributed by atoms with van der Waals surface area (Å²) in [5, 5.41) is 13.6. The minimum atomic E-state index is -0.557. The van der Waals surface area contributed by atoms with Crippen molar-refractivity contribution in [3.05, 3.63) is 88.7 Å². The van der Waals surface area contributed by atoms with Gasteiger partial charge in [0, 0.05) is 23.5 Å². The number of hydrazone groups is 1. The fourth-order valence-corrected chi connectivity index (χ4v) is 3.22. The van der Waals surface area contributed by atoms with E-state index in [1.807, 2.05) is 47.2 Å². The summed E-state index contributed by atoms with van der Waals surface area (Å²) in [6.07, 6.45) is 6.81. The van der Waals surface area contributed by atoms with Crippen LogP contribution < -0.4 is 20.5 Å². The number of H-pyrrole nitrogens is 1. The van der Waals surface area contributed by atoms with Crippen LogP contribution in [0.1, 0.15) is 11.1 Å². The molecule has 0 fully saturated rings. The van der Waals surface area contributed by atoms with Crippen LogP contribution in [-0.2, 0) is 6.54 Å². The second kappa shape index (κ2) is 10.6. The minimum absolute atomic E-state index is 0.0675. The third-order valence-electron chi connectivity index (χ3n) is 4.84. The number of aromatic amines is 1. The van der Waals surface area contributed by atoms with Gasteiger partial charge in [0.15, 0.2) is 11.5 Å². The monoisotopic (exact) mass is 455 g/mol. The zero-order valence-corrected chi connectivity index (χ0v) is 18.3. The highest BCUT2D eigenvalue weighted by molar-refractivity contribution is 5.85. The van der Waals surface area contributed by atoms with Crippen LogP contribution in [0.2, 0.25) is 0 Å². The van der Waals surface area contributed by atoms with Gasteiger partial charge in [-0.1, -0.05) is 36.4 Å². The summed E-state index contributed by atoms with van der Waals surface area (Å²) in [5.74, 6) is 1.19. The Morgan fingerprint density at radius 1 is 1.24 bits per heavy atom. The smallest absolute Gasteiger partial charge is 0.270 e. The van der Waals surface area contributed by atoms with E-state index in [-0.39, 0.29) is 17.2 Å². The number of rotatable bonds is 9. The molecule has 2 N–H and O–H groups in total. The zero-order valence-electron chi connectivity index (χ0n) is 18.3. The van der Waals surface area contributed by atoms with E-state index in [2.05, 4.69) is 25.5 Å². The third-order valence-corrected chi connectivity index (χ3v) is 4.84. The Morgan fingerprint density at radius 3 is 2.82 bits per heavy atom. The molecule has 2 heterocycles. The molecule has 0 aliphatic heterocycles. The van der Waals surface area contributed by atoms with Crippen LogP contribution >= 0.6 is 0 Å². The molecule has 4 aromatic rings. The average molecular weight is 455 g/mol. The number of nitrogens with one attached hydrogen (secondary N) is 2. The quantitative estimate of drug-likeness (QED) is 0.293. The highest BCUT2D eigenvalue weighted by Gasteiger charge is 2.13. The van der Waals surface area contributed by atoms with E-state index in [4.69, 9.17) is 9.47 Å². The second-order valence-corrected chi connectivity index (χ2v) is 7.01. The Balaban J connectivity index is 1.55. The van der Waals surface area contributed by atoms with Crippen LogP contribution in [0.3, 0.4) is 0 Å². The molecule has 2 aromatic carbocycles. The normalized spacial score (nSPS) is 10.7. The summed E-state index contributed by atoms with van der Waals surface area (Å²) in [6, 6.07) is 16.4. The van der Waals surface area contributed by atoms with Gasteiger partial charge < -0.3 is 14.0 Å². The first kappa shape index (κ1) is 22.3. The van der Waals surface area contributed by atoms with Crippen molar-refractivity contribution in [3.63, 3.8) is 0 Å². The van der Waals surface area contributed by atoms with Gasteiger partial charge in [-0.05, 0) is 12.1 Å². The van der Waals surface area contributed by atoms with Crippen molar-refractivity contribution in [1.82, 2.24) is 19.5 Å². The van der Waals surface area contributed by atoms with Gasteiger partial charge in [0.1, 0.15) is 18.2 Å². The number of benzene rings is 2. The Hall–Kier alpha value is -4.91. The molecule has 10 heteroatoms. The molecule has 10 nitrogen and oxygen atoms in total. The van der Waals surface area contributed by atoms with Crippen LogP contribution in [0.15, 0.2) is 77.1 Å². The molecule has 0 unspecified atom stereocenters. The van der Waals surface area contributed by atoms with Crippen LogP contribution in [0.5, 0.6) is 11.5 Å². The Kier molecular flexibility index (Phi) is 6.95. The molecule has 0 atom stereocenters. The van der Waals surface area contributed by atoms with Crippen molar-refractivity contribution < 1.29 is 9.47 Å². The number of ether oxygens (including phenoxy) is 2. The van der Waals surface area contributed by atoms with Gasteiger partial charge in [-0.15, -0.1) is 0 Å². The summed E-state index contributed by atoms with van der Waals surface area (Å²) in [4.78, 5) is 23.3. The van der Waals surface area contributed by atoms with Gasteiger partial charge in [0.05, 0.1) is 31.9 Å². The van der Waals surface area contributed by atoms with E-state index in [0.717, 1.165) is 0 Å². The molecule has 0 saturated carbocycles. The standard InChI is InChI=1S/C24H21N7O3/c1-33-20-9-5-8-18(22(20)34-13-12-31-11-10-26-16-31)15-27-30-24-28-21(17-6-3-2-4-7-17)19(14-25)23(32)29-24/h2-11,15-16H,12-13H2,1H3,(H2,28,29,30,32). The van der Waals surface area contributed by atoms with E-state index in [1.165, 1.54) is 6.21 Å². The highest BCUT2D eigenvalue weighted by atomic mass is 16.5. The predicted octanol–water partition coefficient (Wildman–Crippen LogP) is 3.04. The number of nitriles is 1. The summed E-state index contributed by atoms with van der Waals surface area (Å²) in [6.45, 7) is 1.02. The first-order valence-corrected chi connectivity index (χ1v) is 10.3. The average Bonchev–Trinajstić information content (AvgIpc) is 3.38. The van der Waals surface area contributed by atoms with Gasteiger partial charge in [-0.2, -0.15) is 10.4 Å². The lowest BCUT2D eigenvalue weighted by molar-refractivity contribution is 0.279. The van der Waals surface area contributed by atoms with Crippen LogP contribution in [0.25, 0.3) is 11.3 Å². The van der Waals surface area contributed by atoms with Crippen LogP contribution in [0, 0.1) is 11.3 Å². The van der Waals surface area contributed by atoms with E-state index < -0.39 is 5.56 Å². The summed E-state index contributed by atoms with van der Waals surface area (Å²) in [5.41, 5.74) is 3.69. The molecule has 34 heavy (non-hydrogen) atoms. The summed E-state index contributed by atoms with van der Waals surface area (Å²) < 4.78 is 13.3. The topological polar surface area (TPSA) is 130 Å². The maximum Gasteiger partial charge on any atom is 0.270 e. The summed E-state index contributed by atoms with van der Waals surface area (Å²) >= 11 is 0. The lowest BCUT2D eigenvalue weighted by Gasteiger charge is -2.13. The molecule has 2 aromatic heterocycles. The lowest BCUT2D eigenvalue weighted by atomic mass is 10.1. The number of hydrogen-bond donors (Lipinski definition) is 2. The molecule has 0 aliphatic carbocycles. The van der Waals surface area contributed by atoms with E-state index in [1.54, 1.807) is 37.8 Å². The fraction of sp³-hybridized carbons (Fsp3) is 0.125. The highest BCUT2D eigenvalue weighted by Crippen LogP contribution is 2.30. The molecular weight excluding hydrogens is 434 g/mol. The number of anilines is 1. The maximum absolute atomic E-state index is 12.4. The molecule has 0 spiro atoms. The Bertz CT molecular complexity index is 1370. The van der Waals surface area contributed by atoms with Crippen molar-refractivity contribution in [3.8, 4) is 28.8 Å². The Morgan fingerprint density at radius 2 is 2.09 bits per heavy atom. The minimum Gasteiger partial charge on any atom is -0.493 e. The molecule has 0 amide bonds. The van der Waals surface area contributed by atoms with Crippen molar-refractivity contribution in [2.24, 2.45) is 5.10 Å². The van der Waals surface area contributed by atoms with E-state index in [9.17, 15) is 10.1 Å². The number of aromatic nitrogens is 4. The van der Waals surface area contributed by atoms with Crippen molar-refractivity contribution >= 4 is 12.2 Å². The molecule has 4 rings (SSSR count). The molecule has 0 saturated heterocycles. The number of imidazole rings is 1. The molecule has 170 valence electrons. The second-order valence-electron chi connectivity index (χ2n) is 7.01. The van der Waals surface area contributed by atoms with E-state index >= 15 is 0 Å². The lowest BCUT2D eigenvalue weighted by Crippen LogP contribution is -2.16. The SMILES string of the molecule is COc1cccc(C=NNc2nc(-c3ccccc3)c(C#N)c(=O)[nH]2)c1OCCn1ccnc1. The van der Waals surface area contributed by atoms with Crippen molar-refractivity contribution in [2.75, 3.05) is 19.1 Å². The van der Waals surface area contributed by atoms with E-state index in [0.29, 0.717) is 35.8 Å². The van der Waals surface area contributed by atoms with Crippen LogP contribution in [-0.4, -0.2) is 39.5 Å². The van der Waals surface area contributed by atoms with Gasteiger partial charge in [-0.3, -0.25) is 9.78 Å². The van der Waals surface area contributed by atoms with Crippen LogP contribution in [0.4, 0.5) is 5.95 Å². The maximum atomic E-state index is 12.4. The first-order valence-electron chi connectivity index (χ1n) is 10.3. The van der Waals surface area contributed by atoms with Gasteiger partial charge in [-0.25, -0.2) is 15.4 Å². The third kappa shape index (κ3) is 5.11. The number of para-hydroxylation sites is 1. The van der Waals surface area contributed by atoms with Gasteiger partial charge >= 0.3 is 0 Å². The Labute approximate surface area is 195 Å². The predicted molar refractivity (Wildman–Crippen MR) is 127 cm³/mol. The molecular formula is C24H21N7O3. The molecule has 0 radical (unpaired) electrons. The van der Waals surface area contributed by atoms with Gasteiger partial charge in [0.2, 0.25) is 5.95 Å². The summed E-state index contributed by atoms with van der Waals surface area (Å²) in [7, 11) is 1.56. The van der Waals surface area contributed by atoms with Gasteiger partial charge in [0.25, 0.3) is 5.56 Å². The first-order chi connectivity index (χ1) is 16.7. The molecule has 0 bridgehead atoms. The molecule has 0 aliphatic rings. The largest absolute Gasteiger partial charge is 0.493 e. The zero-order chi connectivity index (χ0) is 23.8. The number of nitrogens with zero attached hydrogens (tertiary/aromatic N) is 5. The number of methoxy groups -OCH3 is 1.